The van der Waals surface area contributed by atoms with Gasteiger partial charge in [-0.05, 0) is 62.8 Å². The van der Waals surface area contributed by atoms with Crippen molar-refractivity contribution in [3.8, 4) is 0 Å². The van der Waals surface area contributed by atoms with Crippen molar-refractivity contribution in [1.82, 2.24) is 4.31 Å². The van der Waals surface area contributed by atoms with Crippen LogP contribution in [0.15, 0.2) is 11.0 Å². The van der Waals surface area contributed by atoms with Crippen LogP contribution < -0.4 is 5.11 Å². The molecule has 0 unspecified atom stereocenters. The van der Waals surface area contributed by atoms with Crippen LogP contribution in [0.2, 0.25) is 0 Å². The van der Waals surface area contributed by atoms with Gasteiger partial charge in [-0.2, -0.15) is 4.31 Å². The van der Waals surface area contributed by atoms with Gasteiger partial charge < -0.3 is 9.90 Å². The molecule has 0 bridgehead atoms. The predicted octanol–water partition coefficient (Wildman–Crippen LogP) is 0.823. The number of sulfonamides is 1. The normalized spacial score (nSPS) is 19.9. The molecular weight excluding hydrogens is 290 g/mol. The van der Waals surface area contributed by atoms with Gasteiger partial charge in [0.05, 0.1) is 16.9 Å². The fourth-order valence-electron chi connectivity index (χ4n) is 2.95. The number of carboxylic acids is 1. The number of hydrogen-bond donors (Lipinski definition) is 0. The molecule has 1 aromatic rings. The van der Waals surface area contributed by atoms with E-state index in [1.54, 1.807) is 13.8 Å². The average Bonchev–Trinajstić information content (AvgIpc) is 2.86. The molecule has 5 nitrogen and oxygen atoms in total. The third kappa shape index (κ3) is 2.58. The molecule has 0 radical (unpaired) electrons. The van der Waals surface area contributed by atoms with Gasteiger partial charge in [0.15, 0.2) is 0 Å². The number of hydrogen-bond acceptors (Lipinski definition) is 4. The molecule has 21 heavy (non-hydrogen) atoms. The van der Waals surface area contributed by atoms with E-state index in [9.17, 15) is 18.3 Å². The maximum atomic E-state index is 12.9. The van der Waals surface area contributed by atoms with E-state index in [0.29, 0.717) is 24.0 Å². The van der Waals surface area contributed by atoms with Gasteiger partial charge in [-0.15, -0.1) is 0 Å². The van der Waals surface area contributed by atoms with Gasteiger partial charge in [0.25, 0.3) is 0 Å². The molecule has 1 heterocycles. The van der Waals surface area contributed by atoms with Crippen molar-refractivity contribution in [1.29, 1.82) is 0 Å². The fourth-order valence-corrected chi connectivity index (χ4v) is 5.17. The molecular formula is C15H20NO4S-. The topological polar surface area (TPSA) is 77.5 Å². The molecule has 2 rings (SSSR count). The number of nitrogens with zero attached hydrogens (tertiary/aromatic N) is 1. The number of aryl methyl sites for hydroxylation is 2. The van der Waals surface area contributed by atoms with Crippen molar-refractivity contribution in [3.05, 3.63) is 28.3 Å². The lowest BCUT2D eigenvalue weighted by molar-refractivity contribution is -0.309. The zero-order chi connectivity index (χ0) is 15.9. The van der Waals surface area contributed by atoms with Crippen LogP contribution >= 0.6 is 0 Å². The molecule has 1 saturated heterocycles. The Morgan fingerprint density at radius 1 is 1.19 bits per heavy atom. The molecule has 1 fully saturated rings. The predicted molar refractivity (Wildman–Crippen MR) is 77.3 cm³/mol. The Bertz CT molecular complexity index is 668. The van der Waals surface area contributed by atoms with Gasteiger partial charge in [0, 0.05) is 6.54 Å². The molecule has 1 aliphatic rings. The summed E-state index contributed by atoms with van der Waals surface area (Å²) in [6.07, 6.45) is 0.852. The third-order valence-electron chi connectivity index (χ3n) is 4.34. The zero-order valence-corrected chi connectivity index (χ0v) is 13.6. The smallest absolute Gasteiger partial charge is 0.244 e. The van der Waals surface area contributed by atoms with Crippen molar-refractivity contribution in [2.45, 2.75) is 51.5 Å². The number of carboxylic acid groups (broad SMARTS) is 1. The van der Waals surface area contributed by atoms with Gasteiger partial charge in [-0.1, -0.05) is 6.07 Å². The molecule has 0 aromatic heterocycles. The Balaban J connectivity index is 2.63. The summed E-state index contributed by atoms with van der Waals surface area (Å²) in [5, 5.41) is 11.2. The molecule has 1 aliphatic heterocycles. The van der Waals surface area contributed by atoms with Crippen LogP contribution in [0.3, 0.4) is 0 Å². The summed E-state index contributed by atoms with van der Waals surface area (Å²) in [6, 6.07) is 0.888. The highest BCUT2D eigenvalue weighted by molar-refractivity contribution is 7.89. The minimum Gasteiger partial charge on any atom is -0.548 e. The van der Waals surface area contributed by atoms with E-state index in [2.05, 4.69) is 0 Å². The monoisotopic (exact) mass is 310 g/mol. The number of benzene rings is 1. The first-order valence-corrected chi connectivity index (χ1v) is 8.42. The van der Waals surface area contributed by atoms with Crippen molar-refractivity contribution in [2.75, 3.05) is 6.54 Å². The van der Waals surface area contributed by atoms with Crippen LogP contribution in [-0.2, 0) is 14.8 Å². The lowest BCUT2D eigenvalue weighted by Crippen LogP contribution is -2.47. The molecule has 1 aromatic carbocycles. The van der Waals surface area contributed by atoms with Gasteiger partial charge in [-0.25, -0.2) is 8.42 Å². The molecule has 0 saturated carbocycles. The summed E-state index contributed by atoms with van der Waals surface area (Å²) in [5.41, 5.74) is 3.14. The molecule has 116 valence electrons. The summed E-state index contributed by atoms with van der Waals surface area (Å²) >= 11 is 0. The Labute approximate surface area is 125 Å². The molecule has 6 heteroatoms. The maximum absolute atomic E-state index is 12.9. The molecule has 0 N–H and O–H groups in total. The summed E-state index contributed by atoms with van der Waals surface area (Å²) in [5.74, 6) is -1.32. The minimum atomic E-state index is -3.83. The van der Waals surface area contributed by atoms with Crippen LogP contribution in [0.5, 0.6) is 0 Å². The number of carbonyl (C=O) groups excluding carboxylic acids is 1. The molecule has 0 spiro atoms. The van der Waals surface area contributed by atoms with Crippen molar-refractivity contribution in [3.63, 3.8) is 0 Å². The highest BCUT2D eigenvalue weighted by Crippen LogP contribution is 2.32. The molecule has 0 aliphatic carbocycles. The van der Waals surface area contributed by atoms with E-state index in [1.165, 1.54) is 0 Å². The second kappa shape index (κ2) is 5.42. The van der Waals surface area contributed by atoms with Gasteiger partial charge in [0.1, 0.15) is 0 Å². The van der Waals surface area contributed by atoms with Gasteiger partial charge >= 0.3 is 0 Å². The second-order valence-electron chi connectivity index (χ2n) is 5.68. The van der Waals surface area contributed by atoms with E-state index < -0.39 is 22.0 Å². The zero-order valence-electron chi connectivity index (χ0n) is 12.8. The van der Waals surface area contributed by atoms with Crippen LogP contribution in [0, 0.1) is 27.7 Å². The SMILES string of the molecule is Cc1cc(C)c(C)c(S(=O)(=O)N2CCC[C@@H]2C(=O)[O-])c1C. The summed E-state index contributed by atoms with van der Waals surface area (Å²) in [7, 11) is -3.83. The van der Waals surface area contributed by atoms with Crippen LogP contribution in [0.1, 0.15) is 35.1 Å². The van der Waals surface area contributed by atoms with E-state index in [4.69, 9.17) is 0 Å². The highest BCUT2D eigenvalue weighted by Gasteiger charge is 2.37. The summed E-state index contributed by atoms with van der Waals surface area (Å²) < 4.78 is 26.9. The van der Waals surface area contributed by atoms with Crippen molar-refractivity contribution in [2.24, 2.45) is 0 Å². The Hall–Kier alpha value is -1.40. The lowest BCUT2D eigenvalue weighted by atomic mass is 10.0. The average molecular weight is 310 g/mol. The largest absolute Gasteiger partial charge is 0.548 e. The lowest BCUT2D eigenvalue weighted by Gasteiger charge is -2.27. The Morgan fingerprint density at radius 3 is 2.19 bits per heavy atom. The number of carbonyl (C=O) groups is 1. The molecule has 1 atom stereocenters. The first kappa shape index (κ1) is 16.0. The fraction of sp³-hybridized carbons (Fsp3) is 0.533. The Morgan fingerprint density at radius 2 is 1.71 bits per heavy atom. The van der Waals surface area contributed by atoms with Crippen molar-refractivity contribution >= 4 is 16.0 Å². The quantitative estimate of drug-likeness (QED) is 0.828. The van der Waals surface area contributed by atoms with Gasteiger partial charge in [-0.3, -0.25) is 0 Å². The summed E-state index contributed by atoms with van der Waals surface area (Å²) in [4.78, 5) is 11.4. The molecule has 0 amide bonds. The second-order valence-corrected chi connectivity index (χ2v) is 7.51. The van der Waals surface area contributed by atoms with Crippen molar-refractivity contribution < 1.29 is 18.3 Å². The van der Waals surface area contributed by atoms with Crippen LogP contribution in [0.25, 0.3) is 0 Å². The van der Waals surface area contributed by atoms with E-state index in [-0.39, 0.29) is 11.4 Å². The first-order chi connectivity index (χ1) is 9.67. The highest BCUT2D eigenvalue weighted by atomic mass is 32.2. The Kier molecular flexibility index (Phi) is 4.13. The summed E-state index contributed by atoms with van der Waals surface area (Å²) in [6.45, 7) is 7.48. The minimum absolute atomic E-state index is 0.229. The van der Waals surface area contributed by atoms with Crippen LogP contribution in [0.4, 0.5) is 0 Å². The first-order valence-electron chi connectivity index (χ1n) is 6.98. The third-order valence-corrected chi connectivity index (χ3v) is 6.52. The van der Waals surface area contributed by atoms with E-state index >= 15 is 0 Å². The van der Waals surface area contributed by atoms with E-state index in [1.807, 2.05) is 19.9 Å². The van der Waals surface area contributed by atoms with Crippen LogP contribution in [-0.4, -0.2) is 31.3 Å². The maximum Gasteiger partial charge on any atom is 0.244 e. The number of aliphatic carboxylic acids is 1. The number of rotatable bonds is 3. The standard InChI is InChI=1S/C15H21NO4S/c1-9-8-10(2)12(4)14(11(9)3)21(19,20)16-7-5-6-13(16)15(17)18/h8,13H,5-7H2,1-4H3,(H,17,18)/p-1/t13-/m1/s1. The van der Waals surface area contributed by atoms with Gasteiger partial charge in [0.2, 0.25) is 10.0 Å². The van der Waals surface area contributed by atoms with E-state index in [0.717, 1.165) is 15.4 Å².